The van der Waals surface area contributed by atoms with E-state index in [4.69, 9.17) is 5.73 Å². The molecule has 0 saturated carbocycles. The van der Waals surface area contributed by atoms with Crippen molar-refractivity contribution < 1.29 is 4.79 Å². The number of fused-ring (bicyclic) bond motifs is 1. The van der Waals surface area contributed by atoms with Gasteiger partial charge in [0.1, 0.15) is 18.0 Å². The first kappa shape index (κ1) is 18.6. The van der Waals surface area contributed by atoms with Gasteiger partial charge in [-0.25, -0.2) is 9.97 Å². The minimum atomic E-state index is -0.474. The molecule has 30 heavy (non-hydrogen) atoms. The number of anilines is 2. The van der Waals surface area contributed by atoms with Crippen LogP contribution in [0.3, 0.4) is 0 Å². The van der Waals surface area contributed by atoms with Crippen LogP contribution in [0.2, 0.25) is 0 Å². The number of benzene rings is 1. The molecule has 1 saturated heterocycles. The van der Waals surface area contributed by atoms with E-state index in [9.17, 15) is 4.79 Å². The summed E-state index contributed by atoms with van der Waals surface area (Å²) < 4.78 is 2.01. The molecule has 154 valence electrons. The maximum absolute atomic E-state index is 13.8. The lowest BCUT2D eigenvalue weighted by Gasteiger charge is -2.51. The Morgan fingerprint density at radius 2 is 1.93 bits per heavy atom. The zero-order valence-corrected chi connectivity index (χ0v) is 17.0. The molecule has 0 radical (unpaired) electrons. The molecule has 1 amide bonds. The lowest BCUT2D eigenvalue weighted by molar-refractivity contribution is -0.145. The van der Waals surface area contributed by atoms with Crippen molar-refractivity contribution in [3.8, 4) is 0 Å². The summed E-state index contributed by atoms with van der Waals surface area (Å²) in [6.07, 6.45) is 2.18. The van der Waals surface area contributed by atoms with E-state index in [1.165, 1.54) is 11.9 Å². The standard InChI is InChI=1S/C22H25N7O/c1-16-9-18-12-27(7-8-29(18)26-16)21(30)22(11-17-5-3-2-4-6-17)13-28(14-22)20-10-19(23)24-15-25-20/h2-6,9-10,15H,7-8,11-14H2,1H3,(H2,23,24,25). The molecule has 1 aromatic carbocycles. The number of aromatic nitrogens is 4. The van der Waals surface area contributed by atoms with Gasteiger partial charge in [0, 0.05) is 25.7 Å². The van der Waals surface area contributed by atoms with Crippen molar-refractivity contribution in [3.05, 3.63) is 65.7 Å². The van der Waals surface area contributed by atoms with E-state index in [1.54, 1.807) is 6.07 Å². The molecule has 1 fully saturated rings. The van der Waals surface area contributed by atoms with E-state index in [0.717, 1.165) is 23.8 Å². The summed E-state index contributed by atoms with van der Waals surface area (Å²) in [5.74, 6) is 1.41. The third-order valence-electron chi connectivity index (χ3n) is 6.03. The first-order valence-corrected chi connectivity index (χ1v) is 10.2. The minimum Gasteiger partial charge on any atom is -0.384 e. The topological polar surface area (TPSA) is 93.2 Å². The molecule has 5 rings (SSSR count). The molecule has 8 heteroatoms. The number of amides is 1. The number of nitrogens with zero attached hydrogens (tertiary/aromatic N) is 6. The molecular weight excluding hydrogens is 378 g/mol. The highest BCUT2D eigenvalue weighted by Crippen LogP contribution is 2.39. The van der Waals surface area contributed by atoms with Gasteiger partial charge in [0.2, 0.25) is 5.91 Å². The first-order valence-electron chi connectivity index (χ1n) is 10.2. The lowest BCUT2D eigenvalue weighted by atomic mass is 9.73. The molecule has 0 unspecified atom stereocenters. The van der Waals surface area contributed by atoms with Gasteiger partial charge in [0.05, 0.1) is 29.9 Å². The predicted octanol–water partition coefficient (Wildman–Crippen LogP) is 1.66. The van der Waals surface area contributed by atoms with Crippen LogP contribution in [-0.2, 0) is 24.3 Å². The van der Waals surface area contributed by atoms with Crippen LogP contribution in [0.25, 0.3) is 0 Å². The first-order chi connectivity index (χ1) is 14.5. The second kappa shape index (κ2) is 7.12. The zero-order valence-electron chi connectivity index (χ0n) is 17.0. The van der Waals surface area contributed by atoms with Crippen molar-refractivity contribution in [1.82, 2.24) is 24.6 Å². The Morgan fingerprint density at radius 1 is 1.13 bits per heavy atom. The fourth-order valence-electron chi connectivity index (χ4n) is 4.61. The van der Waals surface area contributed by atoms with Crippen molar-refractivity contribution >= 4 is 17.5 Å². The summed E-state index contributed by atoms with van der Waals surface area (Å²) in [7, 11) is 0. The van der Waals surface area contributed by atoms with Gasteiger partial charge in [-0.3, -0.25) is 9.48 Å². The van der Waals surface area contributed by atoms with Crippen LogP contribution >= 0.6 is 0 Å². The van der Waals surface area contributed by atoms with E-state index in [1.807, 2.05) is 34.7 Å². The lowest BCUT2D eigenvalue weighted by Crippen LogP contribution is -2.65. The molecule has 0 spiro atoms. The number of carbonyl (C=O) groups is 1. The molecule has 2 aliphatic rings. The Labute approximate surface area is 175 Å². The van der Waals surface area contributed by atoms with Crippen molar-refractivity contribution in [3.63, 3.8) is 0 Å². The summed E-state index contributed by atoms with van der Waals surface area (Å²) >= 11 is 0. The van der Waals surface area contributed by atoms with Crippen LogP contribution < -0.4 is 10.6 Å². The summed E-state index contributed by atoms with van der Waals surface area (Å²) in [5.41, 5.74) is 8.62. The average Bonchev–Trinajstić information content (AvgIpc) is 3.10. The van der Waals surface area contributed by atoms with E-state index < -0.39 is 5.41 Å². The minimum absolute atomic E-state index is 0.203. The molecular formula is C22H25N7O. The Bertz CT molecular complexity index is 1070. The molecule has 0 atom stereocenters. The summed E-state index contributed by atoms with van der Waals surface area (Å²) in [4.78, 5) is 26.2. The molecule has 2 aliphatic heterocycles. The van der Waals surface area contributed by atoms with Crippen LogP contribution in [-0.4, -0.2) is 50.2 Å². The molecule has 0 bridgehead atoms. The summed E-state index contributed by atoms with van der Waals surface area (Å²) in [5, 5.41) is 4.51. The number of aryl methyl sites for hydroxylation is 1. The van der Waals surface area contributed by atoms with Crippen molar-refractivity contribution in [1.29, 1.82) is 0 Å². The number of carbonyl (C=O) groups excluding carboxylic acids is 1. The Kier molecular flexibility index (Phi) is 4.42. The van der Waals surface area contributed by atoms with Gasteiger partial charge >= 0.3 is 0 Å². The molecule has 3 aromatic rings. The Hall–Kier alpha value is -3.42. The van der Waals surface area contributed by atoms with Crippen molar-refractivity contribution in [2.24, 2.45) is 5.41 Å². The van der Waals surface area contributed by atoms with Gasteiger partial charge in [-0.1, -0.05) is 30.3 Å². The van der Waals surface area contributed by atoms with Crippen LogP contribution in [0, 0.1) is 12.3 Å². The monoisotopic (exact) mass is 403 g/mol. The highest BCUT2D eigenvalue weighted by Gasteiger charge is 2.51. The number of rotatable bonds is 4. The normalized spacial score (nSPS) is 17.4. The maximum Gasteiger partial charge on any atom is 0.233 e. The quantitative estimate of drug-likeness (QED) is 0.712. The van der Waals surface area contributed by atoms with Gasteiger partial charge < -0.3 is 15.5 Å². The van der Waals surface area contributed by atoms with Crippen LogP contribution in [0.4, 0.5) is 11.6 Å². The zero-order chi connectivity index (χ0) is 20.7. The average molecular weight is 403 g/mol. The number of nitrogen functional groups attached to an aromatic ring is 1. The van der Waals surface area contributed by atoms with E-state index in [2.05, 4.69) is 38.2 Å². The van der Waals surface area contributed by atoms with Gasteiger partial charge in [0.15, 0.2) is 0 Å². The van der Waals surface area contributed by atoms with Gasteiger partial charge in [0.25, 0.3) is 0 Å². The highest BCUT2D eigenvalue weighted by molar-refractivity contribution is 5.86. The van der Waals surface area contributed by atoms with E-state index in [-0.39, 0.29) is 5.91 Å². The van der Waals surface area contributed by atoms with E-state index in [0.29, 0.717) is 38.4 Å². The third-order valence-corrected chi connectivity index (χ3v) is 6.03. The number of nitrogens with two attached hydrogens (primary N) is 1. The Balaban J connectivity index is 1.40. The van der Waals surface area contributed by atoms with E-state index >= 15 is 0 Å². The van der Waals surface area contributed by atoms with Crippen molar-refractivity contribution in [2.75, 3.05) is 30.3 Å². The van der Waals surface area contributed by atoms with Crippen LogP contribution in [0.15, 0.2) is 48.8 Å². The smallest absolute Gasteiger partial charge is 0.233 e. The SMILES string of the molecule is Cc1cc2n(n1)CCN(C(=O)C1(Cc3ccccc3)CN(c3cc(N)ncn3)C1)C2. The molecule has 0 aliphatic carbocycles. The summed E-state index contributed by atoms with van der Waals surface area (Å²) in [6.45, 7) is 5.26. The number of hydrogen-bond acceptors (Lipinski definition) is 6. The Morgan fingerprint density at radius 3 is 2.70 bits per heavy atom. The molecule has 2 aromatic heterocycles. The van der Waals surface area contributed by atoms with Crippen molar-refractivity contribution in [2.45, 2.75) is 26.4 Å². The summed E-state index contributed by atoms with van der Waals surface area (Å²) in [6, 6.07) is 14.1. The van der Waals surface area contributed by atoms with Crippen LogP contribution in [0.1, 0.15) is 17.0 Å². The molecule has 4 heterocycles. The van der Waals surface area contributed by atoms with Gasteiger partial charge in [-0.15, -0.1) is 0 Å². The van der Waals surface area contributed by atoms with Crippen LogP contribution in [0.5, 0.6) is 0 Å². The third kappa shape index (κ3) is 3.28. The van der Waals surface area contributed by atoms with Gasteiger partial charge in [-0.05, 0) is 25.0 Å². The highest BCUT2D eigenvalue weighted by atomic mass is 16.2. The van der Waals surface area contributed by atoms with Gasteiger partial charge in [-0.2, -0.15) is 5.10 Å². The fourth-order valence-corrected chi connectivity index (χ4v) is 4.61. The second-order valence-corrected chi connectivity index (χ2v) is 8.33. The fraction of sp³-hybridized carbons (Fsp3) is 0.364. The predicted molar refractivity (Wildman–Crippen MR) is 114 cm³/mol. The second-order valence-electron chi connectivity index (χ2n) is 8.33. The molecule has 2 N–H and O–H groups in total. The largest absolute Gasteiger partial charge is 0.384 e. The maximum atomic E-state index is 13.8. The molecule has 8 nitrogen and oxygen atoms in total. The number of hydrogen-bond donors (Lipinski definition) is 1.